The van der Waals surface area contributed by atoms with Crippen molar-refractivity contribution in [1.29, 1.82) is 0 Å². The summed E-state index contributed by atoms with van der Waals surface area (Å²) in [5, 5.41) is 9.22. The SMILES string of the molecule is CCOC(=O)c1[nH]c2cc3c(nc2c1CCCO)CCC(C(C)(C)C)C3. The molecule has 2 aromatic rings. The molecule has 2 aromatic heterocycles. The molecular weight excluding hydrogens is 328 g/mol. The first-order valence-corrected chi connectivity index (χ1v) is 9.66. The maximum atomic E-state index is 12.4. The number of pyridine rings is 1. The van der Waals surface area contributed by atoms with Crippen molar-refractivity contribution in [3.63, 3.8) is 0 Å². The van der Waals surface area contributed by atoms with Crippen molar-refractivity contribution in [1.82, 2.24) is 9.97 Å². The highest BCUT2D eigenvalue weighted by atomic mass is 16.5. The van der Waals surface area contributed by atoms with E-state index in [2.05, 4.69) is 31.8 Å². The van der Waals surface area contributed by atoms with Crippen molar-refractivity contribution in [2.45, 2.75) is 59.8 Å². The summed E-state index contributed by atoms with van der Waals surface area (Å²) < 4.78 is 5.20. The van der Waals surface area contributed by atoms with Gasteiger partial charge in [0.05, 0.1) is 17.6 Å². The Bertz CT molecular complexity index is 802. The fraction of sp³-hybridized carbons (Fsp3) is 0.619. The normalized spacial score (nSPS) is 17.3. The summed E-state index contributed by atoms with van der Waals surface area (Å²) in [6.45, 7) is 9.13. The molecule has 0 aliphatic heterocycles. The average Bonchev–Trinajstić information content (AvgIpc) is 2.94. The molecule has 2 heterocycles. The fourth-order valence-electron chi connectivity index (χ4n) is 3.93. The summed E-state index contributed by atoms with van der Waals surface area (Å²) in [7, 11) is 0. The molecule has 5 nitrogen and oxygen atoms in total. The molecule has 1 aliphatic carbocycles. The Labute approximate surface area is 155 Å². The van der Waals surface area contributed by atoms with Gasteiger partial charge in [-0.15, -0.1) is 0 Å². The van der Waals surface area contributed by atoms with Crippen LogP contribution in [0.3, 0.4) is 0 Å². The molecule has 0 spiro atoms. The Morgan fingerprint density at radius 3 is 2.85 bits per heavy atom. The van der Waals surface area contributed by atoms with E-state index in [1.165, 1.54) is 5.56 Å². The molecule has 0 bridgehead atoms. The quantitative estimate of drug-likeness (QED) is 0.797. The summed E-state index contributed by atoms with van der Waals surface area (Å²) in [5.41, 5.74) is 5.83. The van der Waals surface area contributed by atoms with Gasteiger partial charge in [-0.1, -0.05) is 20.8 Å². The highest BCUT2D eigenvalue weighted by Gasteiger charge is 2.30. The van der Waals surface area contributed by atoms with Crippen molar-refractivity contribution < 1.29 is 14.6 Å². The zero-order valence-corrected chi connectivity index (χ0v) is 16.3. The predicted octanol–water partition coefficient (Wildman–Crippen LogP) is 3.82. The maximum absolute atomic E-state index is 12.4. The number of rotatable bonds is 5. The maximum Gasteiger partial charge on any atom is 0.355 e. The molecule has 0 fully saturated rings. The van der Waals surface area contributed by atoms with Crippen molar-refractivity contribution in [3.8, 4) is 0 Å². The van der Waals surface area contributed by atoms with Gasteiger partial charge < -0.3 is 14.8 Å². The minimum Gasteiger partial charge on any atom is -0.461 e. The van der Waals surface area contributed by atoms with Crippen LogP contribution in [-0.4, -0.2) is 34.3 Å². The van der Waals surface area contributed by atoms with Gasteiger partial charge in [-0.05, 0) is 62.0 Å². The van der Waals surface area contributed by atoms with Crippen LogP contribution in [0.1, 0.15) is 67.8 Å². The largest absolute Gasteiger partial charge is 0.461 e. The second kappa shape index (κ2) is 7.39. The third-order valence-corrected chi connectivity index (χ3v) is 5.52. The van der Waals surface area contributed by atoms with Crippen LogP contribution >= 0.6 is 0 Å². The number of aliphatic hydroxyl groups is 1. The number of H-pyrrole nitrogens is 1. The first-order chi connectivity index (χ1) is 12.3. The van der Waals surface area contributed by atoms with Gasteiger partial charge in [0.15, 0.2) is 0 Å². The van der Waals surface area contributed by atoms with Crippen molar-refractivity contribution in [2.24, 2.45) is 11.3 Å². The monoisotopic (exact) mass is 358 g/mol. The van der Waals surface area contributed by atoms with Crippen LogP contribution < -0.4 is 0 Å². The molecule has 0 amide bonds. The molecule has 0 saturated heterocycles. The van der Waals surface area contributed by atoms with Crippen LogP contribution in [0.25, 0.3) is 11.0 Å². The van der Waals surface area contributed by atoms with E-state index in [1.54, 1.807) is 6.92 Å². The molecule has 1 aliphatic rings. The van der Waals surface area contributed by atoms with Crippen LogP contribution in [0.4, 0.5) is 0 Å². The third kappa shape index (κ3) is 3.63. The zero-order valence-electron chi connectivity index (χ0n) is 16.3. The number of carbonyl (C=O) groups excluding carboxylic acids is 1. The molecular formula is C21H30N2O3. The smallest absolute Gasteiger partial charge is 0.355 e. The summed E-state index contributed by atoms with van der Waals surface area (Å²) >= 11 is 0. The van der Waals surface area contributed by atoms with E-state index in [0.29, 0.717) is 31.1 Å². The van der Waals surface area contributed by atoms with Gasteiger partial charge in [-0.2, -0.15) is 0 Å². The van der Waals surface area contributed by atoms with Gasteiger partial charge >= 0.3 is 5.97 Å². The van der Waals surface area contributed by atoms with Crippen LogP contribution in [0, 0.1) is 11.3 Å². The summed E-state index contributed by atoms with van der Waals surface area (Å²) in [6, 6.07) is 2.17. The van der Waals surface area contributed by atoms with Gasteiger partial charge in [0.25, 0.3) is 0 Å². The summed E-state index contributed by atoms with van der Waals surface area (Å²) in [4.78, 5) is 20.5. The van der Waals surface area contributed by atoms with Gasteiger partial charge in [-0.3, -0.25) is 4.98 Å². The number of aromatic amines is 1. The number of aliphatic hydroxyl groups excluding tert-OH is 1. The number of ether oxygens (including phenoxy) is 1. The molecule has 5 heteroatoms. The van der Waals surface area contributed by atoms with E-state index in [9.17, 15) is 9.90 Å². The Hall–Kier alpha value is -1.88. The molecule has 142 valence electrons. The Balaban J connectivity index is 2.04. The van der Waals surface area contributed by atoms with Gasteiger partial charge in [-0.25, -0.2) is 4.79 Å². The van der Waals surface area contributed by atoms with Crippen LogP contribution in [0.5, 0.6) is 0 Å². The van der Waals surface area contributed by atoms with E-state index < -0.39 is 0 Å². The minimum absolute atomic E-state index is 0.0904. The number of fused-ring (bicyclic) bond motifs is 2. The molecule has 0 aromatic carbocycles. The van der Waals surface area contributed by atoms with E-state index in [-0.39, 0.29) is 18.0 Å². The molecule has 26 heavy (non-hydrogen) atoms. The standard InChI is InChI=1S/C21H30N2O3/c1-5-26-20(25)19-15(7-6-10-24)18-17(23-19)12-13-11-14(21(2,3)4)8-9-16(13)22-18/h12,14,23-24H,5-11H2,1-4H3. The fourth-order valence-corrected chi connectivity index (χ4v) is 3.93. The Morgan fingerprint density at radius 2 is 2.19 bits per heavy atom. The van der Waals surface area contributed by atoms with Crippen molar-refractivity contribution in [2.75, 3.05) is 13.2 Å². The number of esters is 1. The van der Waals surface area contributed by atoms with Crippen molar-refractivity contribution >= 4 is 17.0 Å². The summed E-state index contributed by atoms with van der Waals surface area (Å²) in [6.07, 6.45) is 4.37. The number of aryl methyl sites for hydroxylation is 2. The van der Waals surface area contributed by atoms with Crippen LogP contribution in [0.15, 0.2) is 6.07 Å². The Kier molecular flexibility index (Phi) is 5.37. The lowest BCUT2D eigenvalue weighted by Crippen LogP contribution is -2.27. The summed E-state index contributed by atoms with van der Waals surface area (Å²) in [5.74, 6) is 0.298. The van der Waals surface area contributed by atoms with Gasteiger partial charge in [0, 0.05) is 17.9 Å². The molecule has 1 unspecified atom stereocenters. The number of aromatic nitrogens is 2. The average molecular weight is 358 g/mol. The first kappa shape index (κ1) is 18.9. The molecule has 0 radical (unpaired) electrons. The van der Waals surface area contributed by atoms with Crippen LogP contribution in [0.2, 0.25) is 0 Å². The highest BCUT2D eigenvalue weighted by Crippen LogP contribution is 2.38. The molecule has 3 rings (SSSR count). The van der Waals surface area contributed by atoms with Crippen molar-refractivity contribution in [3.05, 3.63) is 28.6 Å². The zero-order chi connectivity index (χ0) is 18.9. The molecule has 1 atom stereocenters. The lowest BCUT2D eigenvalue weighted by molar-refractivity contribution is 0.0519. The third-order valence-electron chi connectivity index (χ3n) is 5.52. The second-order valence-electron chi connectivity index (χ2n) is 8.32. The van der Waals surface area contributed by atoms with E-state index >= 15 is 0 Å². The first-order valence-electron chi connectivity index (χ1n) is 9.66. The van der Waals surface area contributed by atoms with Gasteiger partial charge in [0.1, 0.15) is 5.69 Å². The molecule has 0 saturated carbocycles. The van der Waals surface area contributed by atoms with E-state index in [4.69, 9.17) is 9.72 Å². The van der Waals surface area contributed by atoms with E-state index in [1.807, 2.05) is 0 Å². The molecule has 2 N–H and O–H groups in total. The van der Waals surface area contributed by atoms with Gasteiger partial charge in [0.2, 0.25) is 0 Å². The Morgan fingerprint density at radius 1 is 1.42 bits per heavy atom. The van der Waals surface area contributed by atoms with Crippen LogP contribution in [-0.2, 0) is 24.0 Å². The lowest BCUT2D eigenvalue weighted by Gasteiger charge is -2.34. The minimum atomic E-state index is -0.344. The number of hydrogen-bond acceptors (Lipinski definition) is 4. The highest BCUT2D eigenvalue weighted by molar-refractivity contribution is 5.97. The van der Waals surface area contributed by atoms with E-state index in [0.717, 1.165) is 41.6 Å². The topological polar surface area (TPSA) is 75.2 Å². The second-order valence-corrected chi connectivity index (χ2v) is 8.32. The predicted molar refractivity (Wildman–Crippen MR) is 102 cm³/mol. The lowest BCUT2D eigenvalue weighted by atomic mass is 9.71. The number of nitrogens with zero attached hydrogens (tertiary/aromatic N) is 1. The number of hydrogen-bond donors (Lipinski definition) is 2. The number of carbonyl (C=O) groups is 1. The number of nitrogens with one attached hydrogen (secondary N) is 1.